The molecule has 6 N–H and O–H groups in total. The molecule has 1 saturated heterocycles. The largest absolute Gasteiger partial charge is 0.490 e. The van der Waals surface area contributed by atoms with E-state index in [9.17, 15) is 22.8 Å². The third-order valence-corrected chi connectivity index (χ3v) is 3.35. The van der Waals surface area contributed by atoms with Crippen molar-refractivity contribution in [1.29, 1.82) is 0 Å². The number of carboxylic acids is 2. The molecule has 24 heavy (non-hydrogen) atoms. The zero-order valence-electron chi connectivity index (χ0n) is 13.0. The van der Waals surface area contributed by atoms with E-state index < -0.39 is 30.2 Å². The second-order valence-electron chi connectivity index (χ2n) is 5.22. The van der Waals surface area contributed by atoms with E-state index in [1.807, 2.05) is 0 Å². The molecular formula is C13H22F3N3O5. The highest BCUT2D eigenvalue weighted by molar-refractivity contribution is 5.87. The maximum atomic E-state index is 12.0. The molecule has 0 bridgehead atoms. The lowest BCUT2D eigenvalue weighted by atomic mass is 10.1. The first-order valence-electron chi connectivity index (χ1n) is 7.31. The molecule has 11 heteroatoms. The molecule has 8 nitrogen and oxygen atoms in total. The summed E-state index contributed by atoms with van der Waals surface area (Å²) >= 11 is 0. The van der Waals surface area contributed by atoms with Gasteiger partial charge in [-0.2, -0.15) is 13.2 Å². The Morgan fingerprint density at radius 2 is 1.75 bits per heavy atom. The minimum Gasteiger partial charge on any atom is -0.480 e. The smallest absolute Gasteiger partial charge is 0.480 e. The van der Waals surface area contributed by atoms with Crippen molar-refractivity contribution in [2.45, 2.75) is 50.4 Å². The van der Waals surface area contributed by atoms with Crippen LogP contribution in [0.15, 0.2) is 0 Å². The summed E-state index contributed by atoms with van der Waals surface area (Å²) in [4.78, 5) is 33.2. The summed E-state index contributed by atoms with van der Waals surface area (Å²) in [5, 5.41) is 16.1. The summed E-state index contributed by atoms with van der Waals surface area (Å²) in [6, 6.07) is -1.29. The van der Waals surface area contributed by atoms with Crippen molar-refractivity contribution in [3.63, 3.8) is 0 Å². The predicted octanol–water partition coefficient (Wildman–Crippen LogP) is 0.152. The maximum Gasteiger partial charge on any atom is 0.490 e. The molecule has 0 aromatic carbocycles. The van der Waals surface area contributed by atoms with Crippen molar-refractivity contribution in [3.8, 4) is 0 Å². The Balaban J connectivity index is 0.000000640. The Morgan fingerprint density at radius 3 is 2.17 bits per heavy atom. The van der Waals surface area contributed by atoms with E-state index in [4.69, 9.17) is 26.5 Å². The van der Waals surface area contributed by atoms with Crippen LogP contribution in [0.25, 0.3) is 0 Å². The van der Waals surface area contributed by atoms with Crippen LogP contribution in [0.4, 0.5) is 13.2 Å². The Bertz CT molecular complexity index is 445. The molecule has 140 valence electrons. The number of carboxylic acid groups (broad SMARTS) is 2. The highest BCUT2D eigenvalue weighted by Crippen LogP contribution is 2.19. The molecule has 0 saturated carbocycles. The minimum absolute atomic E-state index is 0.244. The number of nitrogens with two attached hydrogens (primary N) is 2. The SMILES string of the molecule is NCCCC[C@H](N)C(=O)N1CCC[C@H]1C(=O)O.O=C(O)C(F)(F)F. The first-order chi connectivity index (χ1) is 11.0. The number of rotatable bonds is 6. The van der Waals surface area contributed by atoms with Gasteiger partial charge in [-0.25, -0.2) is 9.59 Å². The van der Waals surface area contributed by atoms with Gasteiger partial charge in [-0.1, -0.05) is 6.42 Å². The Labute approximate surface area is 136 Å². The van der Waals surface area contributed by atoms with Crippen molar-refractivity contribution in [2.24, 2.45) is 11.5 Å². The van der Waals surface area contributed by atoms with Crippen LogP contribution >= 0.6 is 0 Å². The number of carbonyl (C=O) groups is 3. The molecule has 0 aliphatic carbocycles. The number of carbonyl (C=O) groups excluding carboxylic acids is 1. The second kappa shape index (κ2) is 10.1. The Morgan fingerprint density at radius 1 is 1.21 bits per heavy atom. The van der Waals surface area contributed by atoms with Crippen LogP contribution < -0.4 is 11.5 Å². The third-order valence-electron chi connectivity index (χ3n) is 3.35. The van der Waals surface area contributed by atoms with Gasteiger partial charge in [-0.15, -0.1) is 0 Å². The third kappa shape index (κ3) is 7.59. The van der Waals surface area contributed by atoms with Crippen molar-refractivity contribution in [2.75, 3.05) is 13.1 Å². The number of amides is 1. The summed E-state index contributed by atoms with van der Waals surface area (Å²) in [6.45, 7) is 1.09. The zero-order chi connectivity index (χ0) is 18.9. The van der Waals surface area contributed by atoms with Crippen molar-refractivity contribution < 1.29 is 37.8 Å². The second-order valence-corrected chi connectivity index (χ2v) is 5.22. The van der Waals surface area contributed by atoms with Crippen LogP contribution in [0.1, 0.15) is 32.1 Å². The molecule has 0 radical (unpaired) electrons. The average Bonchev–Trinajstić information content (AvgIpc) is 2.95. The highest BCUT2D eigenvalue weighted by atomic mass is 19.4. The van der Waals surface area contributed by atoms with Gasteiger partial charge in [0.1, 0.15) is 6.04 Å². The van der Waals surface area contributed by atoms with Gasteiger partial charge < -0.3 is 26.6 Å². The van der Waals surface area contributed by atoms with Gasteiger partial charge in [0.15, 0.2) is 0 Å². The molecule has 0 aromatic rings. The lowest BCUT2D eigenvalue weighted by molar-refractivity contribution is -0.192. The summed E-state index contributed by atoms with van der Waals surface area (Å²) < 4.78 is 31.7. The fourth-order valence-corrected chi connectivity index (χ4v) is 2.13. The van der Waals surface area contributed by atoms with Crippen LogP contribution in [0, 0.1) is 0 Å². The molecule has 0 unspecified atom stereocenters. The normalized spacial score (nSPS) is 18.5. The lowest BCUT2D eigenvalue weighted by Crippen LogP contribution is -2.48. The number of halogens is 3. The van der Waals surface area contributed by atoms with Gasteiger partial charge in [-0.3, -0.25) is 4.79 Å². The van der Waals surface area contributed by atoms with Gasteiger partial charge in [0.05, 0.1) is 6.04 Å². The van der Waals surface area contributed by atoms with E-state index in [1.54, 1.807) is 0 Å². The summed E-state index contributed by atoms with van der Waals surface area (Å²) in [5.41, 5.74) is 11.1. The first kappa shape index (κ1) is 22.1. The van der Waals surface area contributed by atoms with E-state index in [2.05, 4.69) is 0 Å². The number of aliphatic carboxylic acids is 2. The van der Waals surface area contributed by atoms with E-state index in [0.29, 0.717) is 25.9 Å². The number of hydrogen-bond donors (Lipinski definition) is 4. The Hall–Kier alpha value is -1.88. The van der Waals surface area contributed by atoms with Crippen LogP contribution in [-0.2, 0) is 14.4 Å². The molecule has 2 atom stereocenters. The molecule has 1 aliphatic heterocycles. The van der Waals surface area contributed by atoms with Gasteiger partial charge in [0.25, 0.3) is 0 Å². The van der Waals surface area contributed by atoms with Crippen molar-refractivity contribution in [1.82, 2.24) is 4.90 Å². The summed E-state index contributed by atoms with van der Waals surface area (Å²) in [5.74, 6) is -3.94. The number of alkyl halides is 3. The standard InChI is InChI=1S/C11H21N3O3.C2HF3O2/c12-6-2-1-4-8(13)10(15)14-7-3-5-9(14)11(16)17;3-2(4,5)1(6)7/h8-9H,1-7,12-13H2,(H,16,17);(H,6,7)/t8-,9-;/m0./s1. The number of hydrogen-bond acceptors (Lipinski definition) is 5. The van der Waals surface area contributed by atoms with Gasteiger partial charge >= 0.3 is 18.1 Å². The van der Waals surface area contributed by atoms with E-state index >= 15 is 0 Å². The Kier molecular flexibility index (Phi) is 9.29. The minimum atomic E-state index is -5.08. The predicted molar refractivity (Wildman–Crippen MR) is 76.9 cm³/mol. The summed E-state index contributed by atoms with van der Waals surface area (Å²) in [6.07, 6.45) is -1.62. The fourth-order valence-electron chi connectivity index (χ4n) is 2.13. The quantitative estimate of drug-likeness (QED) is 0.495. The molecule has 1 aliphatic rings. The number of nitrogens with zero attached hydrogens (tertiary/aromatic N) is 1. The van der Waals surface area contributed by atoms with Crippen LogP contribution in [0.5, 0.6) is 0 Å². The van der Waals surface area contributed by atoms with Crippen LogP contribution in [0.2, 0.25) is 0 Å². The maximum absolute atomic E-state index is 12.0. The number of likely N-dealkylation sites (tertiary alicyclic amines) is 1. The van der Waals surface area contributed by atoms with Crippen molar-refractivity contribution in [3.05, 3.63) is 0 Å². The molecule has 0 aromatic heterocycles. The van der Waals surface area contributed by atoms with Gasteiger partial charge in [-0.05, 0) is 32.2 Å². The monoisotopic (exact) mass is 357 g/mol. The average molecular weight is 357 g/mol. The fraction of sp³-hybridized carbons (Fsp3) is 0.769. The van der Waals surface area contributed by atoms with E-state index in [-0.39, 0.29) is 5.91 Å². The summed E-state index contributed by atoms with van der Waals surface area (Å²) in [7, 11) is 0. The lowest BCUT2D eigenvalue weighted by Gasteiger charge is -2.24. The van der Waals surface area contributed by atoms with Crippen LogP contribution in [0.3, 0.4) is 0 Å². The van der Waals surface area contributed by atoms with E-state index in [0.717, 1.165) is 19.3 Å². The first-order valence-corrected chi connectivity index (χ1v) is 7.31. The van der Waals surface area contributed by atoms with Crippen molar-refractivity contribution >= 4 is 17.8 Å². The number of unbranched alkanes of at least 4 members (excludes halogenated alkanes) is 1. The molecule has 1 heterocycles. The highest BCUT2D eigenvalue weighted by Gasteiger charge is 2.38. The molecule has 1 rings (SSSR count). The topological polar surface area (TPSA) is 147 Å². The van der Waals surface area contributed by atoms with Gasteiger partial charge in [0, 0.05) is 6.54 Å². The molecule has 1 amide bonds. The van der Waals surface area contributed by atoms with E-state index in [1.165, 1.54) is 4.90 Å². The molecule has 0 spiro atoms. The molecule has 1 fully saturated rings. The molecular weight excluding hydrogens is 335 g/mol. The van der Waals surface area contributed by atoms with Gasteiger partial charge in [0.2, 0.25) is 5.91 Å². The zero-order valence-corrected chi connectivity index (χ0v) is 13.0. The van der Waals surface area contributed by atoms with Crippen LogP contribution in [-0.4, -0.2) is 64.3 Å².